The molecule has 0 unspecified atom stereocenters. The molecule has 5 rings (SSSR count). The summed E-state index contributed by atoms with van der Waals surface area (Å²) in [5, 5.41) is 3.49. The van der Waals surface area contributed by atoms with Crippen LogP contribution in [-0.4, -0.2) is 42.1 Å². The minimum Gasteiger partial charge on any atom is -0.366 e. The summed E-state index contributed by atoms with van der Waals surface area (Å²) in [7, 11) is 0. The first-order valence-corrected chi connectivity index (χ1v) is 14.5. The van der Waals surface area contributed by atoms with Crippen molar-refractivity contribution in [2.45, 2.75) is 23.6 Å². The molecule has 0 saturated carbocycles. The van der Waals surface area contributed by atoms with Crippen molar-refractivity contribution in [3.8, 4) is 0 Å². The predicted molar refractivity (Wildman–Crippen MR) is 156 cm³/mol. The topological polar surface area (TPSA) is 61.4 Å². The number of aromatic nitrogens is 2. The van der Waals surface area contributed by atoms with Crippen LogP contribution in [0.2, 0.25) is 5.15 Å². The van der Waals surface area contributed by atoms with Gasteiger partial charge in [-0.1, -0.05) is 59.8 Å². The Balaban J connectivity index is 1.14. The number of piperazine rings is 1. The van der Waals surface area contributed by atoms with E-state index in [0.29, 0.717) is 64.9 Å². The monoisotopic (exact) mass is 615 g/mol. The lowest BCUT2D eigenvalue weighted by Gasteiger charge is -2.36. The molecule has 218 valence electrons. The van der Waals surface area contributed by atoms with Gasteiger partial charge in [-0.15, -0.1) is 0 Å². The number of benzene rings is 3. The fraction of sp³-hybridized carbons (Fsp3) is 0.233. The highest BCUT2D eigenvalue weighted by atomic mass is 35.5. The zero-order chi connectivity index (χ0) is 29.7. The Hall–Kier alpha value is -3.83. The van der Waals surface area contributed by atoms with E-state index in [1.165, 1.54) is 30.0 Å². The number of carbonyl (C=O) groups excluding carboxylic acids is 1. The molecule has 0 atom stereocenters. The van der Waals surface area contributed by atoms with Crippen molar-refractivity contribution in [2.75, 3.05) is 36.0 Å². The highest BCUT2D eigenvalue weighted by Gasteiger charge is 2.30. The molecule has 1 aliphatic rings. The maximum Gasteiger partial charge on any atom is 0.416 e. The largest absolute Gasteiger partial charge is 0.416 e. The normalized spacial score (nSPS) is 13.7. The molecule has 1 saturated heterocycles. The number of thioether (sulfide) groups is 1. The molecule has 0 aliphatic carbocycles. The van der Waals surface area contributed by atoms with Gasteiger partial charge in [-0.25, -0.2) is 14.4 Å². The Bertz CT molecular complexity index is 1550. The van der Waals surface area contributed by atoms with Gasteiger partial charge in [-0.3, -0.25) is 4.79 Å². The lowest BCUT2D eigenvalue weighted by molar-refractivity contribution is -0.137. The molecule has 1 aromatic heterocycles. The standard InChI is InChI=1S/C30H26ClF4N5OS/c31-26-17-27(40-14-12-39(13-15-40)25-7-2-1-6-24(25)32)38-29(37-26)42-19-20-8-10-22(11-9-20)28(41)36-18-21-4-3-5-23(16-21)30(33,34)35/h1-11,16-17H,12-15,18-19H2,(H,36,41). The number of para-hydroxylation sites is 1. The van der Waals surface area contributed by atoms with Crippen molar-refractivity contribution in [3.63, 3.8) is 0 Å². The number of rotatable bonds is 8. The Kier molecular flexibility index (Phi) is 9.18. The Morgan fingerprint density at radius 1 is 0.881 bits per heavy atom. The number of nitrogens with one attached hydrogen (secondary N) is 1. The fourth-order valence-electron chi connectivity index (χ4n) is 4.54. The first-order valence-electron chi connectivity index (χ1n) is 13.1. The highest BCUT2D eigenvalue weighted by Crippen LogP contribution is 2.30. The van der Waals surface area contributed by atoms with Crippen molar-refractivity contribution < 1.29 is 22.4 Å². The van der Waals surface area contributed by atoms with Gasteiger partial charge in [0.05, 0.1) is 11.3 Å². The van der Waals surface area contributed by atoms with Crippen LogP contribution in [0.5, 0.6) is 0 Å². The van der Waals surface area contributed by atoms with Crippen LogP contribution in [0.25, 0.3) is 0 Å². The minimum atomic E-state index is -4.44. The van der Waals surface area contributed by atoms with E-state index in [4.69, 9.17) is 11.6 Å². The highest BCUT2D eigenvalue weighted by molar-refractivity contribution is 7.98. The average Bonchev–Trinajstić information content (AvgIpc) is 2.99. The summed E-state index contributed by atoms with van der Waals surface area (Å²) in [6, 6.07) is 20.3. The van der Waals surface area contributed by atoms with E-state index in [2.05, 4.69) is 20.2 Å². The van der Waals surface area contributed by atoms with Gasteiger partial charge in [0, 0.05) is 50.1 Å². The molecule has 1 N–H and O–H groups in total. The predicted octanol–water partition coefficient (Wildman–Crippen LogP) is 6.84. The van der Waals surface area contributed by atoms with Gasteiger partial charge in [0.1, 0.15) is 16.8 Å². The summed E-state index contributed by atoms with van der Waals surface area (Å²) >= 11 is 7.71. The van der Waals surface area contributed by atoms with E-state index >= 15 is 0 Å². The summed E-state index contributed by atoms with van der Waals surface area (Å²) in [6.07, 6.45) is -4.44. The second-order valence-electron chi connectivity index (χ2n) is 9.62. The van der Waals surface area contributed by atoms with Crippen LogP contribution in [-0.2, 0) is 18.5 Å². The molecule has 1 fully saturated rings. The van der Waals surface area contributed by atoms with Crippen molar-refractivity contribution in [1.82, 2.24) is 15.3 Å². The Morgan fingerprint density at radius 2 is 1.60 bits per heavy atom. The molecule has 0 spiro atoms. The number of carbonyl (C=O) groups is 1. The summed E-state index contributed by atoms with van der Waals surface area (Å²) in [5.41, 5.74) is 1.52. The molecule has 0 bridgehead atoms. The van der Waals surface area contributed by atoms with Gasteiger partial charge < -0.3 is 15.1 Å². The van der Waals surface area contributed by atoms with E-state index in [1.54, 1.807) is 42.5 Å². The van der Waals surface area contributed by atoms with Crippen LogP contribution in [0.1, 0.15) is 27.0 Å². The van der Waals surface area contributed by atoms with Crippen LogP contribution >= 0.6 is 23.4 Å². The lowest BCUT2D eigenvalue weighted by Crippen LogP contribution is -2.47. The van der Waals surface area contributed by atoms with Crippen LogP contribution < -0.4 is 15.1 Å². The molecule has 6 nitrogen and oxygen atoms in total. The third kappa shape index (κ3) is 7.51. The molecular formula is C30H26ClF4N5OS. The smallest absolute Gasteiger partial charge is 0.366 e. The molecule has 0 radical (unpaired) electrons. The van der Waals surface area contributed by atoms with Crippen molar-refractivity contribution in [3.05, 3.63) is 112 Å². The number of anilines is 2. The van der Waals surface area contributed by atoms with Gasteiger partial charge in [-0.2, -0.15) is 13.2 Å². The number of halogens is 5. The average molecular weight is 616 g/mol. The van der Waals surface area contributed by atoms with E-state index < -0.39 is 11.7 Å². The summed E-state index contributed by atoms with van der Waals surface area (Å²) in [6.45, 7) is 2.58. The third-order valence-electron chi connectivity index (χ3n) is 6.75. The summed E-state index contributed by atoms with van der Waals surface area (Å²) in [5.74, 6) is 0.619. The van der Waals surface area contributed by atoms with E-state index in [1.807, 2.05) is 11.0 Å². The van der Waals surface area contributed by atoms with Gasteiger partial charge in [0.15, 0.2) is 5.16 Å². The Labute approximate surface area is 249 Å². The van der Waals surface area contributed by atoms with Crippen molar-refractivity contribution in [2.24, 2.45) is 0 Å². The zero-order valence-electron chi connectivity index (χ0n) is 22.2. The molecule has 2 heterocycles. The molecule has 42 heavy (non-hydrogen) atoms. The Morgan fingerprint density at radius 3 is 2.31 bits per heavy atom. The van der Waals surface area contributed by atoms with Crippen LogP contribution in [0, 0.1) is 5.82 Å². The minimum absolute atomic E-state index is 0.0208. The molecule has 12 heteroatoms. The summed E-state index contributed by atoms with van der Waals surface area (Å²) < 4.78 is 53.0. The maximum absolute atomic E-state index is 14.2. The molecular weight excluding hydrogens is 590 g/mol. The number of alkyl halides is 3. The first-order chi connectivity index (χ1) is 20.2. The lowest BCUT2D eigenvalue weighted by atomic mass is 10.1. The van der Waals surface area contributed by atoms with Crippen molar-refractivity contribution in [1.29, 1.82) is 0 Å². The molecule has 4 aromatic rings. The number of amides is 1. The van der Waals surface area contributed by atoms with Crippen LogP contribution in [0.4, 0.5) is 29.1 Å². The number of nitrogens with zero attached hydrogens (tertiary/aromatic N) is 4. The third-order valence-corrected chi connectivity index (χ3v) is 7.86. The fourth-order valence-corrected chi connectivity index (χ4v) is 5.58. The van der Waals surface area contributed by atoms with Gasteiger partial charge in [0.25, 0.3) is 5.91 Å². The summed E-state index contributed by atoms with van der Waals surface area (Å²) in [4.78, 5) is 25.7. The van der Waals surface area contributed by atoms with Gasteiger partial charge >= 0.3 is 6.18 Å². The molecule has 1 amide bonds. The first kappa shape index (κ1) is 29.7. The number of hydrogen-bond donors (Lipinski definition) is 1. The molecule has 3 aromatic carbocycles. The van der Waals surface area contributed by atoms with Crippen LogP contribution in [0.3, 0.4) is 0 Å². The number of hydrogen-bond acceptors (Lipinski definition) is 6. The van der Waals surface area contributed by atoms with E-state index in [9.17, 15) is 22.4 Å². The van der Waals surface area contributed by atoms with E-state index in [0.717, 1.165) is 17.7 Å². The van der Waals surface area contributed by atoms with Gasteiger partial charge in [-0.05, 0) is 47.5 Å². The van der Waals surface area contributed by atoms with E-state index in [-0.39, 0.29) is 18.3 Å². The van der Waals surface area contributed by atoms with Gasteiger partial charge in [0.2, 0.25) is 0 Å². The molecule has 1 aliphatic heterocycles. The van der Waals surface area contributed by atoms with Crippen molar-refractivity contribution >= 4 is 40.8 Å². The maximum atomic E-state index is 14.2. The zero-order valence-corrected chi connectivity index (χ0v) is 23.8. The van der Waals surface area contributed by atoms with Crippen LogP contribution in [0.15, 0.2) is 84.0 Å². The second-order valence-corrected chi connectivity index (χ2v) is 11.0. The second kappa shape index (κ2) is 13.0. The quantitative estimate of drug-likeness (QED) is 0.101. The SMILES string of the molecule is O=C(NCc1cccc(C(F)(F)F)c1)c1ccc(CSc2nc(Cl)cc(N3CCN(c4ccccc4F)CC3)n2)cc1.